The molecule has 0 radical (unpaired) electrons. The summed E-state index contributed by atoms with van der Waals surface area (Å²) in [4.78, 5) is 23.6. The molecule has 136 valence electrons. The lowest BCUT2D eigenvalue weighted by Crippen LogP contribution is -2.20. The van der Waals surface area contributed by atoms with E-state index in [0.717, 1.165) is 0 Å². The predicted molar refractivity (Wildman–Crippen MR) is 99.6 cm³/mol. The number of anilines is 1. The molecule has 5 nitrogen and oxygen atoms in total. The summed E-state index contributed by atoms with van der Waals surface area (Å²) in [6, 6.07) is 14.6. The summed E-state index contributed by atoms with van der Waals surface area (Å²) in [7, 11) is 1.32. The topological polar surface area (TPSA) is 64.6 Å². The molecule has 2 aromatic carbocycles. The number of hydrogen-bond acceptors (Lipinski definition) is 4. The molecular formula is C21H23NO4. The third-order valence-electron chi connectivity index (χ3n) is 4.64. The molecule has 1 fully saturated rings. The van der Waals surface area contributed by atoms with Crippen molar-refractivity contribution in [2.45, 2.75) is 31.6 Å². The maximum Gasteiger partial charge on any atom is 0.337 e. The molecule has 0 saturated heterocycles. The van der Waals surface area contributed by atoms with Crippen LogP contribution in [0.2, 0.25) is 0 Å². The van der Waals surface area contributed by atoms with Crippen molar-refractivity contribution in [3.63, 3.8) is 0 Å². The van der Waals surface area contributed by atoms with E-state index in [2.05, 4.69) is 22.2 Å². The average molecular weight is 353 g/mol. The number of benzene rings is 2. The molecule has 0 heterocycles. The van der Waals surface area contributed by atoms with Crippen molar-refractivity contribution in [1.29, 1.82) is 0 Å². The zero-order valence-electron chi connectivity index (χ0n) is 14.9. The molecule has 0 unspecified atom stereocenters. The molecule has 1 amide bonds. The van der Waals surface area contributed by atoms with Gasteiger partial charge in [-0.25, -0.2) is 4.79 Å². The van der Waals surface area contributed by atoms with Crippen LogP contribution in [0.1, 0.15) is 47.5 Å². The van der Waals surface area contributed by atoms with Crippen molar-refractivity contribution < 1.29 is 19.1 Å². The number of amides is 1. The van der Waals surface area contributed by atoms with Crippen LogP contribution in [0.15, 0.2) is 48.5 Å². The third kappa shape index (κ3) is 4.63. The highest BCUT2D eigenvalue weighted by Crippen LogP contribution is 2.34. The third-order valence-corrected chi connectivity index (χ3v) is 4.64. The summed E-state index contributed by atoms with van der Waals surface area (Å²) >= 11 is 0. The second-order valence-corrected chi connectivity index (χ2v) is 6.46. The van der Waals surface area contributed by atoms with Gasteiger partial charge in [-0.3, -0.25) is 4.79 Å². The number of rotatable bonds is 6. The van der Waals surface area contributed by atoms with Gasteiger partial charge in [0.05, 0.1) is 12.7 Å². The number of carbonyl (C=O) groups is 2. The average Bonchev–Trinajstić information content (AvgIpc) is 3.21. The molecule has 1 aliphatic rings. The molecule has 1 aliphatic carbocycles. The van der Waals surface area contributed by atoms with Crippen LogP contribution in [0.25, 0.3) is 0 Å². The lowest BCUT2D eigenvalue weighted by Gasteiger charge is -2.11. The van der Waals surface area contributed by atoms with Gasteiger partial charge in [-0.05, 0) is 54.7 Å². The molecule has 1 saturated carbocycles. The summed E-state index contributed by atoms with van der Waals surface area (Å²) in [6.45, 7) is -0.0920. The van der Waals surface area contributed by atoms with Crippen LogP contribution in [0.5, 0.6) is 5.75 Å². The number of esters is 1. The van der Waals surface area contributed by atoms with Crippen LogP contribution in [0, 0.1) is 0 Å². The Kier molecular flexibility index (Phi) is 5.89. The van der Waals surface area contributed by atoms with Gasteiger partial charge in [-0.15, -0.1) is 0 Å². The number of methoxy groups -OCH3 is 1. The van der Waals surface area contributed by atoms with Crippen molar-refractivity contribution in [3.05, 3.63) is 59.7 Å². The van der Waals surface area contributed by atoms with Crippen LogP contribution in [0.3, 0.4) is 0 Å². The molecule has 5 heteroatoms. The molecule has 0 atom stereocenters. The quantitative estimate of drug-likeness (QED) is 0.793. The monoisotopic (exact) mass is 353 g/mol. The Bertz CT molecular complexity index is 764. The van der Waals surface area contributed by atoms with Gasteiger partial charge >= 0.3 is 5.97 Å². The molecule has 0 bridgehead atoms. The van der Waals surface area contributed by atoms with Gasteiger partial charge in [-0.2, -0.15) is 0 Å². The highest BCUT2D eigenvalue weighted by molar-refractivity contribution is 5.95. The summed E-state index contributed by atoms with van der Waals surface area (Å²) in [5, 5.41) is 2.72. The standard InChI is InChI=1S/C21H23NO4/c1-25-21(24)17-7-4-8-18(13-17)22-20(23)14-26-19-11-9-16(10-12-19)15-5-2-3-6-15/h4,7-13,15H,2-3,5-6,14H2,1H3,(H,22,23). The maximum absolute atomic E-state index is 12.1. The Labute approximate surface area is 153 Å². The van der Waals surface area contributed by atoms with Gasteiger partial charge < -0.3 is 14.8 Å². The van der Waals surface area contributed by atoms with Gasteiger partial charge in [-0.1, -0.05) is 31.0 Å². The first-order valence-corrected chi connectivity index (χ1v) is 8.86. The Balaban J connectivity index is 1.51. The van der Waals surface area contributed by atoms with Gasteiger partial charge in [0, 0.05) is 5.69 Å². The number of carbonyl (C=O) groups excluding carboxylic acids is 2. The van der Waals surface area contributed by atoms with Crippen LogP contribution >= 0.6 is 0 Å². The lowest BCUT2D eigenvalue weighted by atomic mass is 9.98. The number of hydrogen-bond donors (Lipinski definition) is 1. The lowest BCUT2D eigenvalue weighted by molar-refractivity contribution is -0.118. The van der Waals surface area contributed by atoms with Crippen molar-refractivity contribution in [3.8, 4) is 5.75 Å². The van der Waals surface area contributed by atoms with E-state index in [1.807, 2.05) is 12.1 Å². The zero-order chi connectivity index (χ0) is 18.4. The van der Waals surface area contributed by atoms with Crippen molar-refractivity contribution in [1.82, 2.24) is 0 Å². The summed E-state index contributed by atoms with van der Waals surface area (Å²) in [5.41, 5.74) is 2.26. The number of ether oxygens (including phenoxy) is 2. The second-order valence-electron chi connectivity index (χ2n) is 6.46. The first-order chi connectivity index (χ1) is 12.7. The van der Waals surface area contributed by atoms with Crippen LogP contribution in [-0.2, 0) is 9.53 Å². The van der Waals surface area contributed by atoms with E-state index in [4.69, 9.17) is 4.74 Å². The largest absolute Gasteiger partial charge is 0.484 e. The Morgan fingerprint density at radius 1 is 1.08 bits per heavy atom. The minimum Gasteiger partial charge on any atom is -0.484 e. The fraction of sp³-hybridized carbons (Fsp3) is 0.333. The van der Waals surface area contributed by atoms with Gasteiger partial charge in [0.25, 0.3) is 5.91 Å². The zero-order valence-corrected chi connectivity index (χ0v) is 14.9. The Morgan fingerprint density at radius 3 is 2.50 bits per heavy atom. The fourth-order valence-corrected chi connectivity index (χ4v) is 3.28. The molecule has 2 aromatic rings. The smallest absolute Gasteiger partial charge is 0.337 e. The normalized spacial score (nSPS) is 14.0. The highest BCUT2D eigenvalue weighted by Gasteiger charge is 2.16. The molecule has 0 aliphatic heterocycles. The van der Waals surface area contributed by atoms with E-state index < -0.39 is 5.97 Å². The molecular weight excluding hydrogens is 330 g/mol. The maximum atomic E-state index is 12.1. The van der Waals surface area contributed by atoms with Crippen LogP contribution < -0.4 is 10.1 Å². The SMILES string of the molecule is COC(=O)c1cccc(NC(=O)COc2ccc(C3CCCC3)cc2)c1. The number of nitrogens with one attached hydrogen (secondary N) is 1. The van der Waals surface area contributed by atoms with E-state index in [1.54, 1.807) is 24.3 Å². The summed E-state index contributed by atoms with van der Waals surface area (Å²) in [5.74, 6) is 0.603. The second kappa shape index (κ2) is 8.52. The van der Waals surface area contributed by atoms with Gasteiger partial charge in [0.15, 0.2) is 6.61 Å². The minimum absolute atomic E-state index is 0.0920. The summed E-state index contributed by atoms with van der Waals surface area (Å²) < 4.78 is 10.2. The van der Waals surface area contributed by atoms with E-state index in [0.29, 0.717) is 22.9 Å². The summed E-state index contributed by atoms with van der Waals surface area (Å²) in [6.07, 6.45) is 5.13. The van der Waals surface area contributed by atoms with Crippen molar-refractivity contribution in [2.75, 3.05) is 19.0 Å². The Morgan fingerprint density at radius 2 is 1.81 bits per heavy atom. The first kappa shape index (κ1) is 18.0. The molecule has 0 spiro atoms. The van der Waals surface area contributed by atoms with Gasteiger partial charge in [0.1, 0.15) is 5.75 Å². The van der Waals surface area contributed by atoms with Crippen molar-refractivity contribution in [2.24, 2.45) is 0 Å². The predicted octanol–water partition coefficient (Wildman–Crippen LogP) is 4.15. The highest BCUT2D eigenvalue weighted by atomic mass is 16.5. The van der Waals surface area contributed by atoms with Crippen LogP contribution in [0.4, 0.5) is 5.69 Å². The Hall–Kier alpha value is -2.82. The molecule has 0 aromatic heterocycles. The minimum atomic E-state index is -0.445. The molecule has 1 N–H and O–H groups in total. The van der Waals surface area contributed by atoms with E-state index >= 15 is 0 Å². The molecule has 3 rings (SSSR count). The van der Waals surface area contributed by atoms with E-state index in [-0.39, 0.29) is 12.5 Å². The van der Waals surface area contributed by atoms with Crippen molar-refractivity contribution >= 4 is 17.6 Å². The van der Waals surface area contributed by atoms with E-state index in [1.165, 1.54) is 38.4 Å². The van der Waals surface area contributed by atoms with Crippen LogP contribution in [-0.4, -0.2) is 25.6 Å². The van der Waals surface area contributed by atoms with E-state index in [9.17, 15) is 9.59 Å². The fourth-order valence-electron chi connectivity index (χ4n) is 3.28. The van der Waals surface area contributed by atoms with Gasteiger partial charge in [0.2, 0.25) is 0 Å². The first-order valence-electron chi connectivity index (χ1n) is 8.86. The molecule has 26 heavy (non-hydrogen) atoms.